The van der Waals surface area contributed by atoms with Crippen LogP contribution in [0.4, 0.5) is 0 Å². The average Bonchev–Trinajstić information content (AvgIpc) is 4.07. The van der Waals surface area contributed by atoms with E-state index >= 15 is 0 Å². The molecule has 15 nitrogen and oxygen atoms in total. The Labute approximate surface area is 370 Å². The predicted octanol–water partition coefficient (Wildman–Crippen LogP) is 3.63. The molecule has 2 N–H and O–H groups in total. The Morgan fingerprint density at radius 1 is 0.672 bits per heavy atom. The first kappa shape index (κ1) is 40.8. The van der Waals surface area contributed by atoms with Crippen LogP contribution in [0.15, 0.2) is 33.4 Å². The van der Waals surface area contributed by atoms with E-state index in [0.717, 1.165) is 35.1 Å². The largest absolute Gasteiger partial charge is 0.481 e. The van der Waals surface area contributed by atoms with Crippen LogP contribution in [0.1, 0.15) is 79.6 Å². The van der Waals surface area contributed by atoms with Crippen molar-refractivity contribution in [3.63, 3.8) is 0 Å². The number of carbonyl (C=O) groups excluding carboxylic acids is 4. The van der Waals surface area contributed by atoms with Gasteiger partial charge in [0.1, 0.15) is 12.2 Å². The molecule has 8 saturated heterocycles. The summed E-state index contributed by atoms with van der Waals surface area (Å²) in [6, 6.07) is 0. The van der Waals surface area contributed by atoms with E-state index in [0.29, 0.717) is 32.1 Å². The molecule has 0 radical (unpaired) electrons. The molecule has 13 rings (SSSR count). The van der Waals surface area contributed by atoms with Crippen LogP contribution in [0.2, 0.25) is 0 Å². The summed E-state index contributed by atoms with van der Waals surface area (Å²) in [4.78, 5) is 65.6. The number of aliphatic hydroxyl groups is 1. The van der Waals surface area contributed by atoms with Gasteiger partial charge in [-0.15, -0.1) is 0 Å². The highest BCUT2D eigenvalue weighted by Gasteiger charge is 2.77. The molecular weight excluding hydrogens is 829 g/mol. The second-order valence-electron chi connectivity index (χ2n) is 22.6. The zero-order valence-corrected chi connectivity index (χ0v) is 36.8. The van der Waals surface area contributed by atoms with E-state index in [2.05, 4.69) is 6.92 Å². The number of fused-ring (bicyclic) bond motifs is 27. The molecule has 11 aliphatic heterocycles. The predicted molar refractivity (Wildman–Crippen MR) is 216 cm³/mol. The van der Waals surface area contributed by atoms with Crippen LogP contribution in [-0.2, 0) is 61.9 Å². The zero-order chi connectivity index (χ0) is 44.2. The summed E-state index contributed by atoms with van der Waals surface area (Å²) in [6.07, 6.45) is 1.51. The summed E-state index contributed by atoms with van der Waals surface area (Å²) in [5, 5.41) is 19.6. The lowest BCUT2D eigenvalue weighted by Gasteiger charge is -2.41. The summed E-state index contributed by atoms with van der Waals surface area (Å²) in [5.74, 6) is -4.15. The van der Waals surface area contributed by atoms with Gasteiger partial charge in [0.05, 0.1) is 97.2 Å². The van der Waals surface area contributed by atoms with Crippen molar-refractivity contribution in [3.05, 3.63) is 33.4 Å². The Balaban J connectivity index is 0.887. The number of hydrogen-bond donors (Lipinski definition) is 2. The number of esters is 4. The summed E-state index contributed by atoms with van der Waals surface area (Å²) in [6.45, 7) is 9.27. The molecule has 0 aromatic heterocycles. The number of carbonyl (C=O) groups is 5. The zero-order valence-electron chi connectivity index (χ0n) is 36.8. The molecule has 0 spiro atoms. The third-order valence-corrected chi connectivity index (χ3v) is 18.9. The molecule has 2 saturated carbocycles. The fourth-order valence-corrected chi connectivity index (χ4v) is 16.6. The summed E-state index contributed by atoms with van der Waals surface area (Å²) < 4.78 is 50.9. The van der Waals surface area contributed by atoms with Crippen LogP contribution in [0.25, 0.3) is 0 Å². The van der Waals surface area contributed by atoms with Gasteiger partial charge in [0.15, 0.2) is 0 Å². The van der Waals surface area contributed by atoms with Crippen molar-refractivity contribution in [3.8, 4) is 0 Å². The fourth-order valence-electron chi connectivity index (χ4n) is 16.6. The molecule has 0 amide bonds. The molecule has 23 atom stereocenters. The average molecular weight is 887 g/mol. The van der Waals surface area contributed by atoms with E-state index in [4.69, 9.17) is 37.9 Å². The number of carboxylic acid groups (broad SMARTS) is 1. The first-order chi connectivity index (χ1) is 30.6. The van der Waals surface area contributed by atoms with E-state index in [-0.39, 0.29) is 127 Å². The number of cyclic esters (lactones) is 2. The smallest absolute Gasteiger partial charge is 0.317 e. The van der Waals surface area contributed by atoms with Gasteiger partial charge in [-0.3, -0.25) is 24.0 Å². The van der Waals surface area contributed by atoms with E-state index in [1.165, 1.54) is 11.1 Å². The fraction of sp³-hybridized carbons (Fsp3) is 0.776. The van der Waals surface area contributed by atoms with E-state index in [1.807, 2.05) is 20.8 Å². The van der Waals surface area contributed by atoms with Gasteiger partial charge in [-0.1, -0.05) is 6.92 Å². The Bertz CT molecular complexity index is 2250. The molecule has 15 heteroatoms. The molecule has 11 heterocycles. The third-order valence-electron chi connectivity index (χ3n) is 18.9. The highest BCUT2D eigenvalue weighted by Crippen LogP contribution is 2.71. The molecule has 0 aromatic rings. The Morgan fingerprint density at radius 2 is 1.34 bits per heavy atom. The minimum Gasteiger partial charge on any atom is -0.481 e. The molecule has 13 aliphatic rings. The van der Waals surface area contributed by atoms with E-state index in [1.54, 1.807) is 6.92 Å². The van der Waals surface area contributed by atoms with Crippen LogP contribution in [0, 0.1) is 76.9 Å². The third kappa shape index (κ3) is 5.39. The van der Waals surface area contributed by atoms with Gasteiger partial charge in [0.25, 0.3) is 0 Å². The summed E-state index contributed by atoms with van der Waals surface area (Å²) >= 11 is 0. The highest BCUT2D eigenvalue weighted by molar-refractivity contribution is 5.96. The Hall–Kier alpha value is -3.47. The minimum absolute atomic E-state index is 0.0249. The Kier molecular flexibility index (Phi) is 8.80. The Morgan fingerprint density at radius 3 is 2.02 bits per heavy atom. The van der Waals surface area contributed by atoms with Crippen LogP contribution < -0.4 is 0 Å². The van der Waals surface area contributed by atoms with Crippen LogP contribution in [0.5, 0.6) is 0 Å². The van der Waals surface area contributed by atoms with Crippen molar-refractivity contribution in [2.24, 2.45) is 76.9 Å². The quantitative estimate of drug-likeness (QED) is 0.132. The first-order valence-corrected chi connectivity index (χ1v) is 24.0. The molecule has 64 heavy (non-hydrogen) atoms. The molecule has 23 unspecified atom stereocenters. The van der Waals surface area contributed by atoms with Crippen molar-refractivity contribution < 1.29 is 72.1 Å². The number of aliphatic carboxylic acids is 1. The maximum atomic E-state index is 13.6. The van der Waals surface area contributed by atoms with Gasteiger partial charge in [-0.25, -0.2) is 0 Å². The van der Waals surface area contributed by atoms with Crippen LogP contribution in [0.3, 0.4) is 0 Å². The number of carboxylic acids is 1. The number of aliphatic hydroxyl groups excluding tert-OH is 1. The summed E-state index contributed by atoms with van der Waals surface area (Å²) in [5.41, 5.74) is 6.15. The molecular formula is C49H58O15. The van der Waals surface area contributed by atoms with Gasteiger partial charge in [-0.2, -0.15) is 0 Å². The van der Waals surface area contributed by atoms with Crippen molar-refractivity contribution in [1.82, 2.24) is 0 Å². The SMILES string of the molecule is CC1=C(CC2=C(CC3=C(CC4C(=O)OC(=O)C4C)C4OC3C3C5OC(C43)C3C4OC(CC4C(=O)O)C53)C3OC2C2C4CC(C(=O)OCCO)C(C4)C32)C2OC1CC2C(=O)OC(C)(C)C. The molecule has 0 aromatic carbocycles. The maximum absolute atomic E-state index is 13.6. The van der Waals surface area contributed by atoms with Crippen molar-refractivity contribution in [2.75, 3.05) is 13.2 Å². The lowest BCUT2D eigenvalue weighted by atomic mass is 9.57. The van der Waals surface area contributed by atoms with Crippen LogP contribution >= 0.6 is 0 Å². The lowest BCUT2D eigenvalue weighted by Crippen LogP contribution is -2.51. The van der Waals surface area contributed by atoms with Crippen molar-refractivity contribution in [1.29, 1.82) is 0 Å². The normalized spacial score (nSPS) is 50.2. The van der Waals surface area contributed by atoms with Crippen molar-refractivity contribution in [2.45, 2.75) is 146 Å². The number of rotatable bonds is 11. The topological polar surface area (TPSA) is 200 Å². The maximum Gasteiger partial charge on any atom is 0.317 e. The minimum atomic E-state index is -0.831. The summed E-state index contributed by atoms with van der Waals surface area (Å²) in [7, 11) is 0. The molecule has 344 valence electrons. The van der Waals surface area contributed by atoms with E-state index in [9.17, 15) is 34.2 Å². The second kappa shape index (κ2) is 13.8. The molecule has 12 bridgehead atoms. The standard InChI is InChI=1S/C49H58O15/c1-15-18(36-27(14-28(15)58-36)48(56)64-49(3,4)5)10-21-23(38-31-20-8-17(30(31)37(21)60-38)9-25(20)46(54)57-7-6-50)12-24-22(11-19-16(2)45(53)63-47(19)55)39-35-34(40(24)61-39)42-32-29-13-26(44(51)52)41(59-29)33(32)43(35)62-42/h16-17,19-20,25-43,50H,6-14H2,1-5H3,(H,51,52). The van der Waals surface area contributed by atoms with E-state index < -0.39 is 59.4 Å². The van der Waals surface area contributed by atoms with Gasteiger partial charge in [-0.05, 0) is 130 Å². The first-order valence-electron chi connectivity index (χ1n) is 24.0. The van der Waals surface area contributed by atoms with Crippen LogP contribution in [-0.4, -0.2) is 120 Å². The van der Waals surface area contributed by atoms with Gasteiger partial charge in [0, 0.05) is 23.7 Å². The molecule has 2 aliphatic carbocycles. The second-order valence-corrected chi connectivity index (χ2v) is 22.6. The highest BCUT2D eigenvalue weighted by atomic mass is 16.6. The molecule has 10 fully saturated rings. The van der Waals surface area contributed by atoms with Gasteiger partial charge >= 0.3 is 29.8 Å². The van der Waals surface area contributed by atoms with Crippen molar-refractivity contribution >= 4 is 29.8 Å². The van der Waals surface area contributed by atoms with Gasteiger partial charge in [0.2, 0.25) is 0 Å². The number of hydrogen-bond acceptors (Lipinski definition) is 14. The monoisotopic (exact) mass is 886 g/mol. The lowest BCUT2D eigenvalue weighted by molar-refractivity contribution is -0.161. The number of ether oxygens (including phenoxy) is 8. The van der Waals surface area contributed by atoms with Gasteiger partial charge < -0.3 is 48.1 Å².